The van der Waals surface area contributed by atoms with Gasteiger partial charge in [0.15, 0.2) is 0 Å². The van der Waals surface area contributed by atoms with E-state index in [1.165, 1.54) is 0 Å². The number of amides is 5. The fourth-order valence-corrected chi connectivity index (χ4v) is 4.20. The molecule has 0 aliphatic rings. The Balaban J connectivity index is 2.10. The third-order valence-electron chi connectivity index (χ3n) is 6.37. The van der Waals surface area contributed by atoms with Crippen LogP contribution in [0.5, 0.6) is 0 Å². The van der Waals surface area contributed by atoms with Gasteiger partial charge in [-0.3, -0.25) is 19.2 Å². The second-order valence-corrected chi connectivity index (χ2v) is 10.5. The average Bonchev–Trinajstić information content (AvgIpc) is 2.94. The number of nitrogens with one attached hydrogen (secondary N) is 3. The van der Waals surface area contributed by atoms with E-state index in [0.29, 0.717) is 0 Å². The van der Waals surface area contributed by atoms with Gasteiger partial charge in [0, 0.05) is 6.42 Å². The molecule has 2 aromatic rings. The summed E-state index contributed by atoms with van der Waals surface area (Å²) in [4.78, 5) is 61.7. The van der Waals surface area contributed by atoms with Crippen LogP contribution in [0.2, 0.25) is 0 Å². The smallest absolute Gasteiger partial charge is 0.407 e. The van der Waals surface area contributed by atoms with Crippen molar-refractivity contribution in [2.45, 2.75) is 76.8 Å². The third-order valence-corrected chi connectivity index (χ3v) is 6.37. The summed E-state index contributed by atoms with van der Waals surface area (Å²) in [5.41, 5.74) is 12.2. The number of hydrogen-bond acceptors (Lipinski definition) is 7. The van der Waals surface area contributed by atoms with Crippen LogP contribution in [0.25, 0.3) is 0 Å². The Morgan fingerprint density at radius 1 is 0.833 bits per heavy atom. The molecule has 8 N–H and O–H groups in total. The lowest BCUT2D eigenvalue weighted by atomic mass is 9.98. The second-order valence-electron chi connectivity index (χ2n) is 10.5. The fraction of sp³-hybridized carbons (Fsp3) is 0.433. The van der Waals surface area contributed by atoms with E-state index in [1.54, 1.807) is 24.3 Å². The molecule has 0 fully saturated rings. The Morgan fingerprint density at radius 3 is 1.98 bits per heavy atom. The fourth-order valence-electron chi connectivity index (χ4n) is 4.20. The molecule has 12 nitrogen and oxygen atoms in total. The molecule has 0 heterocycles. The molecule has 0 unspecified atom stereocenters. The van der Waals surface area contributed by atoms with E-state index in [4.69, 9.17) is 16.2 Å². The van der Waals surface area contributed by atoms with Crippen molar-refractivity contribution >= 4 is 29.7 Å². The van der Waals surface area contributed by atoms with Crippen LogP contribution in [0.1, 0.15) is 50.7 Å². The van der Waals surface area contributed by atoms with Crippen molar-refractivity contribution in [1.29, 1.82) is 0 Å². The summed E-state index contributed by atoms with van der Waals surface area (Å²) in [5.74, 6) is -2.81. The highest BCUT2D eigenvalue weighted by molar-refractivity contribution is 5.92. The molecular weight excluding hydrogens is 542 g/mol. The lowest BCUT2D eigenvalue weighted by molar-refractivity contribution is -0.132. The zero-order valence-electron chi connectivity index (χ0n) is 24.0. The SMILES string of the molecule is CC(C)C[C@H](NC(=O)[C@H](CCC(N)=O)NC(=O)C[C@H](O)[C@H](Cc1ccccc1)NC(=O)OCc1ccccc1)C(N)=O. The van der Waals surface area contributed by atoms with E-state index < -0.39 is 60.4 Å². The van der Waals surface area contributed by atoms with Crippen molar-refractivity contribution in [3.63, 3.8) is 0 Å². The maximum Gasteiger partial charge on any atom is 0.407 e. The van der Waals surface area contributed by atoms with E-state index in [-0.39, 0.29) is 38.2 Å². The molecule has 42 heavy (non-hydrogen) atoms. The Hall–Kier alpha value is -4.45. The summed E-state index contributed by atoms with van der Waals surface area (Å²) in [6, 6.07) is 15.0. The highest BCUT2D eigenvalue weighted by Gasteiger charge is 2.29. The maximum absolute atomic E-state index is 13.0. The van der Waals surface area contributed by atoms with Gasteiger partial charge in [-0.1, -0.05) is 74.5 Å². The van der Waals surface area contributed by atoms with Crippen LogP contribution in [-0.2, 0) is 36.9 Å². The van der Waals surface area contributed by atoms with Gasteiger partial charge < -0.3 is 37.3 Å². The lowest BCUT2D eigenvalue weighted by Crippen LogP contribution is -2.54. The van der Waals surface area contributed by atoms with Crippen LogP contribution < -0.4 is 27.4 Å². The van der Waals surface area contributed by atoms with Crippen molar-refractivity contribution in [2.24, 2.45) is 17.4 Å². The Labute approximate surface area is 245 Å². The van der Waals surface area contributed by atoms with Crippen LogP contribution in [0, 0.1) is 5.92 Å². The van der Waals surface area contributed by atoms with Crippen molar-refractivity contribution in [3.05, 3.63) is 71.8 Å². The summed E-state index contributed by atoms with van der Waals surface area (Å²) in [6.07, 6.45) is -2.50. The Kier molecular flexibility index (Phi) is 14.0. The number of benzene rings is 2. The Morgan fingerprint density at radius 2 is 1.43 bits per heavy atom. The highest BCUT2D eigenvalue weighted by Crippen LogP contribution is 2.11. The molecule has 0 aliphatic carbocycles. The van der Waals surface area contributed by atoms with Gasteiger partial charge in [0.1, 0.15) is 18.7 Å². The molecule has 0 spiro atoms. The predicted octanol–water partition coefficient (Wildman–Crippen LogP) is 1.04. The quantitative estimate of drug-likeness (QED) is 0.160. The number of rotatable bonds is 17. The molecule has 5 amide bonds. The average molecular weight is 584 g/mol. The Bertz CT molecular complexity index is 1180. The monoisotopic (exact) mass is 583 g/mol. The summed E-state index contributed by atoms with van der Waals surface area (Å²) in [6.45, 7) is 3.72. The maximum atomic E-state index is 13.0. The van der Waals surface area contributed by atoms with Gasteiger partial charge in [-0.2, -0.15) is 0 Å². The molecule has 228 valence electrons. The molecular formula is C30H41N5O7. The highest BCUT2D eigenvalue weighted by atomic mass is 16.5. The number of aliphatic hydroxyl groups is 1. The number of alkyl carbamates (subject to hydrolysis) is 1. The van der Waals surface area contributed by atoms with Crippen LogP contribution in [-0.4, -0.2) is 59.1 Å². The minimum absolute atomic E-state index is 0.0150. The van der Waals surface area contributed by atoms with Crippen LogP contribution in [0.15, 0.2) is 60.7 Å². The standard InChI is InChI=1S/C30H41N5O7/c1-19(2)15-24(28(32)39)34-29(40)22(13-14-26(31)37)33-27(38)17-25(36)23(16-20-9-5-3-6-10-20)35-30(41)42-18-21-11-7-4-8-12-21/h3-12,19,22-25,36H,13-18H2,1-2H3,(H2,31,37)(H2,32,39)(H,33,38)(H,34,40)(H,35,41)/t22-,23-,24-,25-/m0/s1. The van der Waals surface area contributed by atoms with E-state index in [1.807, 2.05) is 50.2 Å². The van der Waals surface area contributed by atoms with Gasteiger partial charge in [-0.15, -0.1) is 0 Å². The number of hydrogen-bond donors (Lipinski definition) is 6. The first-order chi connectivity index (χ1) is 19.9. The number of ether oxygens (including phenoxy) is 1. The minimum Gasteiger partial charge on any atom is -0.445 e. The number of primary amides is 2. The lowest BCUT2D eigenvalue weighted by Gasteiger charge is -2.26. The number of aliphatic hydroxyl groups excluding tert-OH is 1. The minimum atomic E-state index is -1.37. The van der Waals surface area contributed by atoms with Crippen molar-refractivity contribution in [3.8, 4) is 0 Å². The predicted molar refractivity (Wildman–Crippen MR) is 155 cm³/mol. The van der Waals surface area contributed by atoms with Crippen molar-refractivity contribution in [2.75, 3.05) is 0 Å². The number of nitrogens with two attached hydrogens (primary N) is 2. The second kappa shape index (κ2) is 17.4. The molecule has 4 atom stereocenters. The summed E-state index contributed by atoms with van der Waals surface area (Å²) in [7, 11) is 0. The molecule has 12 heteroatoms. The number of carbonyl (C=O) groups is 5. The first kappa shape index (κ1) is 33.8. The van der Waals surface area contributed by atoms with Gasteiger partial charge >= 0.3 is 6.09 Å². The zero-order chi connectivity index (χ0) is 31.1. The molecule has 2 aromatic carbocycles. The molecule has 0 radical (unpaired) electrons. The molecule has 0 bridgehead atoms. The molecule has 2 rings (SSSR count). The van der Waals surface area contributed by atoms with Crippen LogP contribution in [0.3, 0.4) is 0 Å². The van der Waals surface area contributed by atoms with E-state index in [2.05, 4.69) is 16.0 Å². The third kappa shape index (κ3) is 12.8. The largest absolute Gasteiger partial charge is 0.445 e. The van der Waals surface area contributed by atoms with Gasteiger partial charge in [0.2, 0.25) is 23.6 Å². The van der Waals surface area contributed by atoms with Crippen LogP contribution >= 0.6 is 0 Å². The first-order valence-corrected chi connectivity index (χ1v) is 13.8. The zero-order valence-corrected chi connectivity index (χ0v) is 24.0. The molecule has 0 saturated carbocycles. The topological polar surface area (TPSA) is 203 Å². The van der Waals surface area contributed by atoms with Crippen molar-refractivity contribution in [1.82, 2.24) is 16.0 Å². The molecule has 0 aromatic heterocycles. The van der Waals surface area contributed by atoms with Crippen molar-refractivity contribution < 1.29 is 33.8 Å². The molecule has 0 saturated heterocycles. The van der Waals surface area contributed by atoms with Gasteiger partial charge in [0.05, 0.1) is 18.6 Å². The van der Waals surface area contributed by atoms with Gasteiger partial charge in [-0.25, -0.2) is 4.79 Å². The molecule has 0 aliphatic heterocycles. The van der Waals surface area contributed by atoms with E-state index in [0.717, 1.165) is 11.1 Å². The summed E-state index contributed by atoms with van der Waals surface area (Å²) in [5, 5.41) is 18.7. The summed E-state index contributed by atoms with van der Waals surface area (Å²) >= 11 is 0. The summed E-state index contributed by atoms with van der Waals surface area (Å²) < 4.78 is 5.29. The van der Waals surface area contributed by atoms with E-state index >= 15 is 0 Å². The normalized spacial score (nSPS) is 13.7. The van der Waals surface area contributed by atoms with Gasteiger partial charge in [-0.05, 0) is 36.3 Å². The van der Waals surface area contributed by atoms with Crippen LogP contribution in [0.4, 0.5) is 4.79 Å². The van der Waals surface area contributed by atoms with E-state index in [9.17, 15) is 29.1 Å². The number of carbonyl (C=O) groups excluding carboxylic acids is 5. The van der Waals surface area contributed by atoms with Gasteiger partial charge in [0.25, 0.3) is 0 Å². The first-order valence-electron chi connectivity index (χ1n) is 13.8.